The summed E-state index contributed by atoms with van der Waals surface area (Å²) in [6.45, 7) is 7.69. The predicted molar refractivity (Wildman–Crippen MR) is 139 cm³/mol. The second-order valence-corrected chi connectivity index (χ2v) is 10.7. The number of ether oxygens (including phenoxy) is 3. The molecule has 1 aromatic rings. The van der Waals surface area contributed by atoms with Crippen molar-refractivity contribution in [1.82, 2.24) is 0 Å². The highest BCUT2D eigenvalue weighted by Crippen LogP contribution is 2.20. The fourth-order valence-electron chi connectivity index (χ4n) is 4.59. The van der Waals surface area contributed by atoms with Gasteiger partial charge in [0.25, 0.3) is 0 Å². The minimum atomic E-state index is 0.276. The normalized spacial score (nSPS) is 18.3. The van der Waals surface area contributed by atoms with Gasteiger partial charge in [-0.15, -0.1) is 0 Å². The van der Waals surface area contributed by atoms with E-state index in [4.69, 9.17) is 14.2 Å². The highest BCUT2D eigenvalue weighted by molar-refractivity contribution is 7.07. The Bertz CT molecular complexity index is 525. The van der Waals surface area contributed by atoms with Gasteiger partial charge in [0.1, 0.15) is 6.54 Å². The highest BCUT2D eigenvalue weighted by atomic mass is 32.1. The van der Waals surface area contributed by atoms with Crippen molar-refractivity contribution in [1.29, 1.82) is 0 Å². The fourth-order valence-corrected chi connectivity index (χ4v) is 5.22. The first kappa shape index (κ1) is 28.7. The Morgan fingerprint density at radius 1 is 0.788 bits per heavy atom. The average Bonchev–Trinajstić information content (AvgIpc) is 3.51. The van der Waals surface area contributed by atoms with Gasteiger partial charge in [0, 0.05) is 25.6 Å². The number of unbranched alkanes of at least 4 members (excludes halogenated alkanes) is 13. The summed E-state index contributed by atoms with van der Waals surface area (Å²) < 4.78 is 20.0. The molecule has 1 saturated heterocycles. The Morgan fingerprint density at radius 2 is 1.39 bits per heavy atom. The molecule has 0 radical (unpaired) electrons. The SMILES string of the molecule is CCCCCCCCCCCCOC[C@@H]1CO[C@@H](COCCCCCCC[n+]2ccsc2)C1. The summed E-state index contributed by atoms with van der Waals surface area (Å²) in [4.78, 5) is 0. The van der Waals surface area contributed by atoms with Crippen LogP contribution >= 0.6 is 11.3 Å². The first-order valence-corrected chi connectivity index (χ1v) is 15.0. The molecule has 192 valence electrons. The molecule has 0 saturated carbocycles. The topological polar surface area (TPSA) is 31.6 Å². The van der Waals surface area contributed by atoms with Gasteiger partial charge in [0.2, 0.25) is 5.51 Å². The third-order valence-corrected chi connectivity index (χ3v) is 7.37. The van der Waals surface area contributed by atoms with Crippen LogP contribution in [0.3, 0.4) is 0 Å². The first-order chi connectivity index (χ1) is 16.4. The maximum atomic E-state index is 5.93. The second-order valence-electron chi connectivity index (χ2n) is 9.92. The number of hydrogen-bond donors (Lipinski definition) is 0. The lowest BCUT2D eigenvalue weighted by molar-refractivity contribution is -0.692. The third-order valence-electron chi connectivity index (χ3n) is 6.70. The van der Waals surface area contributed by atoms with Crippen LogP contribution in [0.25, 0.3) is 0 Å². The molecular weight excluding hydrogens is 430 g/mol. The minimum absolute atomic E-state index is 0.276. The molecule has 2 atom stereocenters. The van der Waals surface area contributed by atoms with E-state index in [1.165, 1.54) is 96.3 Å². The van der Waals surface area contributed by atoms with Crippen LogP contribution in [0.5, 0.6) is 0 Å². The summed E-state index contributed by atoms with van der Waals surface area (Å²) in [7, 11) is 0. The van der Waals surface area contributed by atoms with E-state index >= 15 is 0 Å². The van der Waals surface area contributed by atoms with Crippen molar-refractivity contribution in [2.75, 3.05) is 33.0 Å². The Balaban J connectivity index is 1.27. The molecule has 1 aliphatic heterocycles. The standard InChI is InChI=1S/C28H52NO3S/c1-2-3-4-5-6-7-8-9-12-15-19-30-23-27-22-28(32-24-27)25-31-20-16-13-10-11-14-17-29-18-21-33-26-29/h18,21,26-28H,2-17,19-20,22-25H2,1H3/q+1/t27-,28-/m1/s1. The molecular formula is C28H52NO3S+. The summed E-state index contributed by atoms with van der Waals surface area (Å²) in [6, 6.07) is 0. The van der Waals surface area contributed by atoms with E-state index in [1.807, 2.05) is 0 Å². The van der Waals surface area contributed by atoms with Crippen LogP contribution in [0.15, 0.2) is 17.1 Å². The number of thiazole rings is 1. The van der Waals surface area contributed by atoms with Crippen LogP contribution in [0.1, 0.15) is 110 Å². The summed E-state index contributed by atoms with van der Waals surface area (Å²) in [5.41, 5.74) is 2.19. The molecule has 0 aliphatic carbocycles. The molecule has 1 aliphatic rings. The Morgan fingerprint density at radius 3 is 2.03 bits per heavy atom. The monoisotopic (exact) mass is 482 g/mol. The van der Waals surface area contributed by atoms with Crippen LogP contribution < -0.4 is 4.57 Å². The smallest absolute Gasteiger partial charge is 0.224 e. The van der Waals surface area contributed by atoms with Crippen molar-refractivity contribution in [3.05, 3.63) is 17.1 Å². The molecule has 1 aromatic heterocycles. The Labute approximate surface area is 208 Å². The molecule has 2 rings (SSSR count). The maximum Gasteiger partial charge on any atom is 0.224 e. The lowest BCUT2D eigenvalue weighted by atomic mass is 10.1. The van der Waals surface area contributed by atoms with Gasteiger partial charge < -0.3 is 14.2 Å². The van der Waals surface area contributed by atoms with Crippen molar-refractivity contribution in [2.24, 2.45) is 5.92 Å². The molecule has 4 nitrogen and oxygen atoms in total. The highest BCUT2D eigenvalue weighted by Gasteiger charge is 2.25. The lowest BCUT2D eigenvalue weighted by Crippen LogP contribution is -2.29. The minimum Gasteiger partial charge on any atom is -0.381 e. The van der Waals surface area contributed by atoms with E-state index in [2.05, 4.69) is 28.6 Å². The van der Waals surface area contributed by atoms with Crippen LogP contribution in [0.4, 0.5) is 0 Å². The summed E-state index contributed by atoms with van der Waals surface area (Å²) in [6.07, 6.45) is 23.7. The van der Waals surface area contributed by atoms with Crippen LogP contribution in [-0.2, 0) is 20.8 Å². The van der Waals surface area contributed by atoms with Gasteiger partial charge in [-0.25, -0.2) is 0 Å². The number of rotatable bonds is 23. The van der Waals surface area contributed by atoms with E-state index in [-0.39, 0.29) is 6.10 Å². The third kappa shape index (κ3) is 15.9. The fraction of sp³-hybridized carbons (Fsp3) is 0.893. The molecule has 0 amide bonds. The van der Waals surface area contributed by atoms with Gasteiger partial charge in [-0.3, -0.25) is 0 Å². The number of nitrogens with zero attached hydrogens (tertiary/aromatic N) is 1. The second kappa shape index (κ2) is 20.8. The largest absolute Gasteiger partial charge is 0.381 e. The van der Waals surface area contributed by atoms with Crippen LogP contribution in [0.2, 0.25) is 0 Å². The molecule has 0 N–H and O–H groups in total. The molecule has 0 aromatic carbocycles. The van der Waals surface area contributed by atoms with Gasteiger partial charge in [-0.05, 0) is 25.7 Å². The van der Waals surface area contributed by atoms with E-state index in [1.54, 1.807) is 11.3 Å². The molecule has 33 heavy (non-hydrogen) atoms. The zero-order valence-corrected chi connectivity index (χ0v) is 22.3. The quantitative estimate of drug-likeness (QED) is 0.121. The van der Waals surface area contributed by atoms with E-state index in [0.29, 0.717) is 5.92 Å². The molecule has 0 spiro atoms. The molecule has 0 unspecified atom stereocenters. The number of hydrogen-bond acceptors (Lipinski definition) is 4. The zero-order valence-electron chi connectivity index (χ0n) is 21.5. The van der Waals surface area contributed by atoms with Crippen LogP contribution in [-0.4, -0.2) is 39.1 Å². The lowest BCUT2D eigenvalue weighted by Gasteiger charge is -2.11. The van der Waals surface area contributed by atoms with Gasteiger partial charge in [0.05, 0.1) is 31.3 Å². The first-order valence-electron chi connectivity index (χ1n) is 14.1. The van der Waals surface area contributed by atoms with E-state index in [0.717, 1.165) is 46.0 Å². The van der Waals surface area contributed by atoms with E-state index < -0.39 is 0 Å². The number of aromatic nitrogens is 1. The van der Waals surface area contributed by atoms with Crippen molar-refractivity contribution < 1.29 is 18.8 Å². The summed E-state index contributed by atoms with van der Waals surface area (Å²) >= 11 is 1.77. The summed E-state index contributed by atoms with van der Waals surface area (Å²) in [5, 5.41) is 2.14. The van der Waals surface area contributed by atoms with Gasteiger partial charge >= 0.3 is 0 Å². The van der Waals surface area contributed by atoms with Crippen LogP contribution in [0, 0.1) is 5.92 Å². The van der Waals surface area contributed by atoms with Crippen molar-refractivity contribution in [3.63, 3.8) is 0 Å². The Hall–Kier alpha value is -0.490. The average molecular weight is 483 g/mol. The molecule has 0 bridgehead atoms. The Kier molecular flexibility index (Phi) is 18.2. The van der Waals surface area contributed by atoms with Crippen molar-refractivity contribution in [3.8, 4) is 0 Å². The van der Waals surface area contributed by atoms with Gasteiger partial charge in [0.15, 0.2) is 6.20 Å². The van der Waals surface area contributed by atoms with Crippen molar-refractivity contribution >= 4 is 11.3 Å². The summed E-state index contributed by atoms with van der Waals surface area (Å²) in [5.74, 6) is 0.558. The molecule has 5 heteroatoms. The van der Waals surface area contributed by atoms with Gasteiger partial charge in [-0.2, -0.15) is 4.57 Å². The maximum absolute atomic E-state index is 5.93. The van der Waals surface area contributed by atoms with Crippen molar-refractivity contribution in [2.45, 2.75) is 122 Å². The van der Waals surface area contributed by atoms with Gasteiger partial charge in [-0.1, -0.05) is 88.9 Å². The molecule has 2 heterocycles. The number of aryl methyl sites for hydroxylation is 1. The predicted octanol–water partition coefficient (Wildman–Crippen LogP) is 7.35. The zero-order chi connectivity index (χ0) is 23.2. The van der Waals surface area contributed by atoms with E-state index in [9.17, 15) is 0 Å². The molecule has 1 fully saturated rings.